The molecule has 2 rings (SSSR count). The summed E-state index contributed by atoms with van der Waals surface area (Å²) in [4.78, 5) is 0. The van der Waals surface area contributed by atoms with Crippen LogP contribution in [0.4, 0.5) is 5.82 Å². The fourth-order valence-electron chi connectivity index (χ4n) is 2.11. The second kappa shape index (κ2) is 2.76. The number of nitrogen functional groups attached to an aromatic ring is 1. The summed E-state index contributed by atoms with van der Waals surface area (Å²) >= 11 is 0. The number of nitrogens with zero attached hydrogens (tertiary/aromatic N) is 1. The van der Waals surface area contributed by atoms with Crippen LogP contribution in [0.3, 0.4) is 0 Å². The van der Waals surface area contributed by atoms with E-state index in [4.69, 9.17) is 5.73 Å². The van der Waals surface area contributed by atoms with Crippen molar-refractivity contribution in [1.29, 1.82) is 0 Å². The summed E-state index contributed by atoms with van der Waals surface area (Å²) in [6.45, 7) is 4.37. The molecule has 3 heteroatoms. The second-order valence-electron chi connectivity index (χ2n) is 3.95. The highest BCUT2D eigenvalue weighted by atomic mass is 15.2. The molecule has 0 spiro atoms. The van der Waals surface area contributed by atoms with E-state index in [9.17, 15) is 0 Å². The van der Waals surface area contributed by atoms with Crippen molar-refractivity contribution in [3.63, 3.8) is 0 Å². The number of nitrogens with two attached hydrogens (primary N) is 1. The van der Waals surface area contributed by atoms with Crippen molar-refractivity contribution in [1.82, 2.24) is 10.2 Å². The number of hydrogen-bond acceptors (Lipinski definition) is 2. The Balaban J connectivity index is 2.40. The average Bonchev–Trinajstić information content (AvgIpc) is 2.85. The Morgan fingerprint density at radius 3 is 2.62 bits per heavy atom. The van der Waals surface area contributed by atoms with Crippen LogP contribution in [-0.2, 0) is 11.8 Å². The van der Waals surface area contributed by atoms with Gasteiger partial charge in [-0.3, -0.25) is 5.10 Å². The van der Waals surface area contributed by atoms with E-state index < -0.39 is 0 Å². The van der Waals surface area contributed by atoms with Gasteiger partial charge in [-0.05, 0) is 25.7 Å². The van der Waals surface area contributed by atoms with Crippen molar-refractivity contribution >= 4 is 5.82 Å². The molecule has 0 radical (unpaired) electrons. The zero-order valence-corrected chi connectivity index (χ0v) is 8.35. The van der Waals surface area contributed by atoms with Crippen LogP contribution < -0.4 is 5.73 Å². The van der Waals surface area contributed by atoms with Gasteiger partial charge in [0.2, 0.25) is 0 Å². The minimum absolute atomic E-state index is 0.399. The Labute approximate surface area is 78.7 Å². The topological polar surface area (TPSA) is 54.7 Å². The number of nitrogens with one attached hydrogen (secondary N) is 1. The summed E-state index contributed by atoms with van der Waals surface area (Å²) < 4.78 is 0. The maximum atomic E-state index is 5.79. The molecule has 3 N–H and O–H groups in total. The van der Waals surface area contributed by atoms with Crippen LogP contribution >= 0.6 is 0 Å². The SMILES string of the molecule is CCc1c(N)n[nH]c1C1(CC)CC1. The highest BCUT2D eigenvalue weighted by molar-refractivity contribution is 5.46. The summed E-state index contributed by atoms with van der Waals surface area (Å²) in [5.41, 5.74) is 8.72. The number of hydrogen-bond donors (Lipinski definition) is 2. The van der Waals surface area contributed by atoms with Crippen LogP contribution in [0.25, 0.3) is 0 Å². The van der Waals surface area contributed by atoms with Crippen LogP contribution in [0, 0.1) is 0 Å². The summed E-state index contributed by atoms with van der Waals surface area (Å²) in [6, 6.07) is 0. The Bertz CT molecular complexity index is 310. The second-order valence-corrected chi connectivity index (χ2v) is 3.95. The fraction of sp³-hybridized carbons (Fsp3) is 0.700. The van der Waals surface area contributed by atoms with Crippen molar-refractivity contribution in [3.8, 4) is 0 Å². The zero-order valence-electron chi connectivity index (χ0n) is 8.35. The molecule has 3 nitrogen and oxygen atoms in total. The molecule has 0 aliphatic heterocycles. The molecule has 1 aliphatic carbocycles. The van der Waals surface area contributed by atoms with E-state index in [1.54, 1.807) is 0 Å². The Hall–Kier alpha value is -0.990. The van der Waals surface area contributed by atoms with Crippen LogP contribution in [0.1, 0.15) is 44.4 Å². The van der Waals surface area contributed by atoms with Crippen molar-refractivity contribution in [2.24, 2.45) is 0 Å². The first kappa shape index (κ1) is 8.60. The molecule has 1 heterocycles. The maximum Gasteiger partial charge on any atom is 0.148 e. The van der Waals surface area contributed by atoms with Gasteiger partial charge in [-0.2, -0.15) is 5.10 Å². The van der Waals surface area contributed by atoms with E-state index >= 15 is 0 Å². The third kappa shape index (κ3) is 1.14. The third-order valence-electron chi connectivity index (χ3n) is 3.31. The highest BCUT2D eigenvalue weighted by Crippen LogP contribution is 2.51. The van der Waals surface area contributed by atoms with E-state index in [0.717, 1.165) is 6.42 Å². The molecule has 0 aromatic carbocycles. The van der Waals surface area contributed by atoms with E-state index in [0.29, 0.717) is 11.2 Å². The average molecular weight is 179 g/mol. The molecule has 1 fully saturated rings. The minimum atomic E-state index is 0.399. The van der Waals surface area contributed by atoms with Gasteiger partial charge in [0.25, 0.3) is 0 Å². The van der Waals surface area contributed by atoms with Gasteiger partial charge >= 0.3 is 0 Å². The molecular formula is C10H17N3. The standard InChI is InChI=1S/C10H17N3/c1-3-7-8(12-13-9(7)11)10(4-2)5-6-10/h3-6H2,1-2H3,(H3,11,12,13). The maximum absolute atomic E-state index is 5.79. The highest BCUT2D eigenvalue weighted by Gasteiger charge is 2.45. The molecule has 0 amide bonds. The van der Waals surface area contributed by atoms with Crippen molar-refractivity contribution < 1.29 is 0 Å². The molecule has 13 heavy (non-hydrogen) atoms. The Kier molecular flexibility index (Phi) is 1.82. The first-order valence-electron chi connectivity index (χ1n) is 5.06. The largest absolute Gasteiger partial charge is 0.382 e. The number of H-pyrrole nitrogens is 1. The first-order valence-corrected chi connectivity index (χ1v) is 5.06. The van der Waals surface area contributed by atoms with Crippen LogP contribution in [0.5, 0.6) is 0 Å². The van der Waals surface area contributed by atoms with Gasteiger partial charge in [0.1, 0.15) is 5.82 Å². The lowest BCUT2D eigenvalue weighted by atomic mass is 9.94. The summed E-state index contributed by atoms with van der Waals surface area (Å²) in [6.07, 6.45) is 4.76. The molecule has 1 aromatic rings. The van der Waals surface area contributed by atoms with E-state index in [2.05, 4.69) is 24.0 Å². The van der Waals surface area contributed by atoms with Crippen LogP contribution in [0.15, 0.2) is 0 Å². The summed E-state index contributed by atoms with van der Waals surface area (Å²) in [7, 11) is 0. The quantitative estimate of drug-likeness (QED) is 0.745. The first-order chi connectivity index (χ1) is 6.23. The molecule has 1 aliphatic rings. The lowest BCUT2D eigenvalue weighted by Gasteiger charge is -2.11. The number of rotatable bonds is 3. The van der Waals surface area contributed by atoms with E-state index in [1.807, 2.05) is 0 Å². The van der Waals surface area contributed by atoms with Gasteiger partial charge in [-0.15, -0.1) is 0 Å². The molecule has 1 aromatic heterocycles. The van der Waals surface area contributed by atoms with Crippen molar-refractivity contribution in [2.45, 2.75) is 44.9 Å². The van der Waals surface area contributed by atoms with Gasteiger partial charge in [-0.25, -0.2) is 0 Å². The summed E-state index contributed by atoms with van der Waals surface area (Å²) in [5, 5.41) is 7.20. The third-order valence-corrected chi connectivity index (χ3v) is 3.31. The van der Waals surface area contributed by atoms with Gasteiger partial charge in [0, 0.05) is 16.7 Å². The van der Waals surface area contributed by atoms with Crippen molar-refractivity contribution in [2.75, 3.05) is 5.73 Å². The number of aromatic nitrogens is 2. The monoisotopic (exact) mass is 179 g/mol. The predicted molar refractivity (Wildman–Crippen MR) is 53.6 cm³/mol. The lowest BCUT2D eigenvalue weighted by molar-refractivity contribution is 0.631. The van der Waals surface area contributed by atoms with Crippen LogP contribution in [-0.4, -0.2) is 10.2 Å². The van der Waals surface area contributed by atoms with Gasteiger partial charge in [0.15, 0.2) is 0 Å². The van der Waals surface area contributed by atoms with Gasteiger partial charge < -0.3 is 5.73 Å². The molecule has 0 unspecified atom stereocenters. The van der Waals surface area contributed by atoms with Gasteiger partial charge in [-0.1, -0.05) is 13.8 Å². The molecule has 0 atom stereocenters. The number of aromatic amines is 1. The van der Waals surface area contributed by atoms with E-state index in [-0.39, 0.29) is 0 Å². The molecule has 72 valence electrons. The Morgan fingerprint density at radius 2 is 2.15 bits per heavy atom. The summed E-state index contributed by atoms with van der Waals surface area (Å²) in [5.74, 6) is 0.692. The molecule has 0 saturated heterocycles. The Morgan fingerprint density at radius 1 is 1.46 bits per heavy atom. The fourth-order valence-corrected chi connectivity index (χ4v) is 2.11. The molecular weight excluding hydrogens is 162 g/mol. The number of anilines is 1. The molecule has 1 saturated carbocycles. The minimum Gasteiger partial charge on any atom is -0.382 e. The van der Waals surface area contributed by atoms with Crippen molar-refractivity contribution in [3.05, 3.63) is 11.3 Å². The van der Waals surface area contributed by atoms with Crippen LogP contribution in [0.2, 0.25) is 0 Å². The molecule has 0 bridgehead atoms. The van der Waals surface area contributed by atoms with E-state index in [1.165, 1.54) is 30.5 Å². The van der Waals surface area contributed by atoms with Gasteiger partial charge in [0.05, 0.1) is 0 Å². The zero-order chi connectivity index (χ0) is 9.47. The predicted octanol–water partition coefficient (Wildman–Crippen LogP) is 2.00. The normalized spacial score (nSPS) is 18.9. The smallest absolute Gasteiger partial charge is 0.148 e. The lowest BCUT2D eigenvalue weighted by Crippen LogP contribution is -2.08.